The third kappa shape index (κ3) is 6.88. The number of nitrogens with zero attached hydrogens (tertiary/aromatic N) is 3. The van der Waals surface area contributed by atoms with E-state index in [0.717, 1.165) is 11.1 Å². The Labute approximate surface area is 275 Å². The Hall–Kier alpha value is -4.80. The lowest BCUT2D eigenvalue weighted by Gasteiger charge is -2.29. The average Bonchev–Trinajstić information content (AvgIpc) is 3.46. The van der Waals surface area contributed by atoms with Crippen molar-refractivity contribution in [1.29, 1.82) is 0 Å². The summed E-state index contributed by atoms with van der Waals surface area (Å²) in [4.78, 5) is 18.8. The molecule has 0 saturated carbocycles. The lowest BCUT2D eigenvalue weighted by atomic mass is 9.94. The number of ether oxygens (including phenoxy) is 2. The van der Waals surface area contributed by atoms with Crippen LogP contribution in [-0.4, -0.2) is 27.3 Å². The van der Waals surface area contributed by atoms with Crippen molar-refractivity contribution >= 4 is 40.9 Å². The number of thioether (sulfide) groups is 1. The predicted octanol–water partition coefficient (Wildman–Crippen LogP) is 8.27. The van der Waals surface area contributed by atoms with Gasteiger partial charge in [-0.2, -0.15) is 4.98 Å². The predicted molar refractivity (Wildman–Crippen MR) is 179 cm³/mol. The van der Waals surface area contributed by atoms with Gasteiger partial charge in [-0.3, -0.25) is 4.79 Å². The first-order chi connectivity index (χ1) is 22.4. The second-order valence-corrected chi connectivity index (χ2v) is 11.8. The highest BCUT2D eigenvalue weighted by Gasteiger charge is 2.35. The number of halogens is 2. The first kappa shape index (κ1) is 31.2. The summed E-state index contributed by atoms with van der Waals surface area (Å²) in [5.41, 5.74) is 3.78. The fourth-order valence-corrected chi connectivity index (χ4v) is 6.15. The van der Waals surface area contributed by atoms with Crippen LogP contribution in [0.25, 0.3) is 0 Å². The molecule has 2 N–H and O–H groups in total. The van der Waals surface area contributed by atoms with Crippen LogP contribution in [0, 0.1) is 5.82 Å². The molecule has 4 aromatic carbocycles. The van der Waals surface area contributed by atoms with Crippen molar-refractivity contribution in [1.82, 2.24) is 14.8 Å². The number of fused-ring (bicyclic) bond motifs is 1. The number of nitrogens with one attached hydrogen (secondary N) is 2. The zero-order chi connectivity index (χ0) is 32.0. The molecule has 1 aliphatic heterocycles. The first-order valence-corrected chi connectivity index (χ1v) is 16.1. The maximum Gasteiger partial charge on any atom is 0.255 e. The van der Waals surface area contributed by atoms with E-state index >= 15 is 0 Å². The van der Waals surface area contributed by atoms with Gasteiger partial charge in [0.05, 0.1) is 17.9 Å². The Morgan fingerprint density at radius 1 is 1.00 bits per heavy atom. The van der Waals surface area contributed by atoms with Crippen molar-refractivity contribution < 1.29 is 18.7 Å². The quantitative estimate of drug-likeness (QED) is 0.138. The topological polar surface area (TPSA) is 90.3 Å². The van der Waals surface area contributed by atoms with E-state index in [1.54, 1.807) is 28.9 Å². The van der Waals surface area contributed by atoms with Gasteiger partial charge in [-0.1, -0.05) is 84.0 Å². The van der Waals surface area contributed by atoms with Crippen molar-refractivity contribution in [2.45, 2.75) is 37.4 Å². The third-order valence-electron chi connectivity index (χ3n) is 7.35. The summed E-state index contributed by atoms with van der Waals surface area (Å²) >= 11 is 7.67. The molecule has 0 fully saturated rings. The van der Waals surface area contributed by atoms with Gasteiger partial charge in [-0.25, -0.2) is 9.07 Å². The normalized spacial score (nSPS) is 14.0. The Balaban J connectivity index is 1.34. The van der Waals surface area contributed by atoms with E-state index in [0.29, 0.717) is 62.5 Å². The van der Waals surface area contributed by atoms with Crippen molar-refractivity contribution in [2.24, 2.45) is 0 Å². The van der Waals surface area contributed by atoms with Gasteiger partial charge in [0.2, 0.25) is 11.1 Å². The summed E-state index contributed by atoms with van der Waals surface area (Å²) in [5.74, 6) is 1.37. The lowest BCUT2D eigenvalue weighted by Crippen LogP contribution is -2.31. The smallest absolute Gasteiger partial charge is 0.255 e. The van der Waals surface area contributed by atoms with Crippen LogP contribution < -0.4 is 20.1 Å². The number of carbonyl (C=O) groups is 1. The van der Waals surface area contributed by atoms with Crippen LogP contribution in [-0.2, 0) is 17.2 Å². The fourth-order valence-electron chi connectivity index (χ4n) is 5.14. The largest absolute Gasteiger partial charge is 0.492 e. The van der Waals surface area contributed by atoms with Crippen LogP contribution in [0.1, 0.15) is 36.6 Å². The Morgan fingerprint density at radius 2 is 1.76 bits per heavy atom. The Morgan fingerprint density at radius 3 is 2.57 bits per heavy atom. The van der Waals surface area contributed by atoms with E-state index in [1.165, 1.54) is 17.8 Å². The summed E-state index contributed by atoms with van der Waals surface area (Å²) in [5, 5.41) is 12.2. The molecule has 1 atom stereocenters. The number of aromatic nitrogens is 3. The van der Waals surface area contributed by atoms with Crippen LogP contribution in [0.15, 0.2) is 113 Å². The summed E-state index contributed by atoms with van der Waals surface area (Å²) in [7, 11) is 0. The molecule has 1 aliphatic rings. The van der Waals surface area contributed by atoms with E-state index in [4.69, 9.17) is 31.2 Å². The number of hydrogen-bond donors (Lipinski definition) is 2. The number of amides is 1. The molecule has 6 rings (SSSR count). The van der Waals surface area contributed by atoms with E-state index in [2.05, 4.69) is 10.6 Å². The molecule has 0 aliphatic carbocycles. The van der Waals surface area contributed by atoms with Crippen molar-refractivity contribution in [2.75, 3.05) is 17.2 Å². The highest BCUT2D eigenvalue weighted by Crippen LogP contribution is 2.39. The first-order valence-electron chi connectivity index (χ1n) is 14.7. The molecule has 1 unspecified atom stereocenters. The van der Waals surface area contributed by atoms with Gasteiger partial charge in [-0.05, 0) is 61.4 Å². The summed E-state index contributed by atoms with van der Waals surface area (Å²) in [6.45, 7) is 4.45. The number of allylic oxidation sites excluding steroid dienone is 1. The summed E-state index contributed by atoms with van der Waals surface area (Å²) < 4.78 is 27.9. The van der Waals surface area contributed by atoms with Crippen LogP contribution >= 0.6 is 23.4 Å². The molecule has 8 nitrogen and oxygen atoms in total. The molecule has 0 saturated heterocycles. The third-order valence-corrected chi connectivity index (χ3v) is 8.61. The zero-order valence-electron chi connectivity index (χ0n) is 25.2. The highest BCUT2D eigenvalue weighted by atomic mass is 35.5. The SMILES string of the molecule is CCOc1ccccc1NC(=O)C1=C(C)Nc2nc(SCc3ccccc3F)nn2C1c1cccc(OCc2ccccc2Cl)c1. The maximum atomic E-state index is 14.3. The zero-order valence-corrected chi connectivity index (χ0v) is 26.7. The minimum Gasteiger partial charge on any atom is -0.492 e. The van der Waals surface area contributed by atoms with Gasteiger partial charge in [0.1, 0.15) is 30.0 Å². The van der Waals surface area contributed by atoms with Gasteiger partial charge < -0.3 is 20.1 Å². The van der Waals surface area contributed by atoms with Crippen molar-refractivity contribution in [3.05, 3.63) is 136 Å². The molecule has 234 valence electrons. The molecule has 11 heteroatoms. The van der Waals surface area contributed by atoms with Crippen molar-refractivity contribution in [3.63, 3.8) is 0 Å². The number of carbonyl (C=O) groups excluding carboxylic acids is 1. The standard InChI is InChI=1S/C35H31ClFN5O3S/c1-3-44-30-18-9-8-17-29(30)39-33(43)31-22(2)38-34-40-35(46-21-25-12-5-7-16-28(25)37)41-42(34)32(31)23-13-10-14-26(19-23)45-20-24-11-4-6-15-27(24)36/h4-19,32H,3,20-21H2,1-2H3,(H,39,43)(H,38,40,41). The molecule has 46 heavy (non-hydrogen) atoms. The summed E-state index contributed by atoms with van der Waals surface area (Å²) in [6.07, 6.45) is 0. The minimum atomic E-state index is -0.658. The number of rotatable bonds is 11. The molecular formula is C35H31ClFN5O3S. The van der Waals surface area contributed by atoms with Gasteiger partial charge in [0.15, 0.2) is 0 Å². The molecule has 0 spiro atoms. The maximum absolute atomic E-state index is 14.3. The molecule has 0 radical (unpaired) electrons. The molecule has 5 aromatic rings. The molecule has 1 amide bonds. The van der Waals surface area contributed by atoms with Crippen LogP contribution in [0.2, 0.25) is 5.02 Å². The van der Waals surface area contributed by atoms with Crippen LogP contribution in [0.3, 0.4) is 0 Å². The van der Waals surface area contributed by atoms with Gasteiger partial charge in [0, 0.05) is 22.0 Å². The molecule has 0 bridgehead atoms. The van der Waals surface area contributed by atoms with Crippen molar-refractivity contribution in [3.8, 4) is 11.5 Å². The highest BCUT2D eigenvalue weighted by molar-refractivity contribution is 7.98. The number of hydrogen-bond acceptors (Lipinski definition) is 7. The van der Waals surface area contributed by atoms with Gasteiger partial charge in [-0.15, -0.1) is 5.10 Å². The van der Waals surface area contributed by atoms with Gasteiger partial charge in [0.25, 0.3) is 5.91 Å². The lowest BCUT2D eigenvalue weighted by molar-refractivity contribution is -0.113. The monoisotopic (exact) mass is 655 g/mol. The number of anilines is 2. The number of benzene rings is 4. The molecule has 2 heterocycles. The second kappa shape index (κ2) is 14.1. The van der Waals surface area contributed by atoms with E-state index in [9.17, 15) is 9.18 Å². The molecular weight excluding hydrogens is 625 g/mol. The van der Waals surface area contributed by atoms with Crippen LogP contribution in [0.5, 0.6) is 11.5 Å². The average molecular weight is 656 g/mol. The second-order valence-electron chi connectivity index (χ2n) is 10.4. The van der Waals surface area contributed by atoms with E-state index in [1.807, 2.05) is 80.6 Å². The van der Waals surface area contributed by atoms with E-state index < -0.39 is 6.04 Å². The van der Waals surface area contributed by atoms with Crippen LogP contribution in [0.4, 0.5) is 16.0 Å². The summed E-state index contributed by atoms with van der Waals surface area (Å²) in [6, 6.07) is 28.3. The van der Waals surface area contributed by atoms with E-state index in [-0.39, 0.29) is 18.3 Å². The Bertz CT molecular complexity index is 1910. The Kier molecular flexibility index (Phi) is 9.56. The molecule has 1 aromatic heterocycles. The fraction of sp³-hybridized carbons (Fsp3) is 0.171. The minimum absolute atomic E-state index is 0.275. The van der Waals surface area contributed by atoms with Gasteiger partial charge >= 0.3 is 0 Å². The number of para-hydroxylation sites is 2.